The highest BCUT2D eigenvalue weighted by Gasteiger charge is 2.29. The molecule has 0 radical (unpaired) electrons. The molecule has 23 heavy (non-hydrogen) atoms. The second kappa shape index (κ2) is 6.38. The zero-order valence-electron chi connectivity index (χ0n) is 12.8. The minimum atomic E-state index is -3.65. The summed E-state index contributed by atoms with van der Waals surface area (Å²) >= 11 is 0. The molecule has 0 saturated carbocycles. The molecule has 8 heteroatoms. The maximum absolute atomic E-state index is 13.3. The molecular weight excluding hydrogens is 321 g/mol. The van der Waals surface area contributed by atoms with Crippen molar-refractivity contribution in [2.75, 3.05) is 26.2 Å². The van der Waals surface area contributed by atoms with Gasteiger partial charge in [-0.15, -0.1) is 0 Å². The molecule has 0 atom stereocenters. The molecule has 1 fully saturated rings. The van der Waals surface area contributed by atoms with Crippen LogP contribution >= 0.6 is 0 Å². The van der Waals surface area contributed by atoms with Crippen LogP contribution < -0.4 is 0 Å². The first-order valence-corrected chi connectivity index (χ1v) is 8.79. The van der Waals surface area contributed by atoms with Gasteiger partial charge in [0.1, 0.15) is 5.82 Å². The minimum Gasteiger partial charge on any atom is -0.360 e. The zero-order chi connectivity index (χ0) is 16.4. The summed E-state index contributed by atoms with van der Waals surface area (Å²) in [5.41, 5.74) is 0.826. The third kappa shape index (κ3) is 3.60. The van der Waals surface area contributed by atoms with Crippen molar-refractivity contribution < 1.29 is 17.3 Å². The summed E-state index contributed by atoms with van der Waals surface area (Å²) in [6.07, 6.45) is 0. The van der Waals surface area contributed by atoms with Crippen LogP contribution in [0.15, 0.2) is 39.8 Å². The summed E-state index contributed by atoms with van der Waals surface area (Å²) in [5.74, 6) is 0.217. The number of aromatic nitrogens is 1. The van der Waals surface area contributed by atoms with Crippen LogP contribution in [0.5, 0.6) is 0 Å². The molecule has 0 bridgehead atoms. The van der Waals surface area contributed by atoms with E-state index in [1.54, 1.807) is 0 Å². The van der Waals surface area contributed by atoms with E-state index in [0.29, 0.717) is 32.7 Å². The fourth-order valence-electron chi connectivity index (χ4n) is 2.62. The molecular formula is C15H18FN3O3S. The molecule has 124 valence electrons. The van der Waals surface area contributed by atoms with Crippen LogP contribution in [0.3, 0.4) is 0 Å². The second-order valence-corrected chi connectivity index (χ2v) is 7.51. The average Bonchev–Trinajstić information content (AvgIpc) is 2.93. The number of hydrogen-bond donors (Lipinski definition) is 0. The Bertz CT molecular complexity index is 783. The SMILES string of the molecule is Cc1cc(CN2CCN(S(=O)(=O)c3cccc(F)c3)CC2)on1. The molecule has 2 aromatic rings. The van der Waals surface area contributed by atoms with E-state index < -0.39 is 15.8 Å². The summed E-state index contributed by atoms with van der Waals surface area (Å²) in [6, 6.07) is 6.98. The Morgan fingerprint density at radius 2 is 1.96 bits per heavy atom. The van der Waals surface area contributed by atoms with Crippen molar-refractivity contribution in [1.29, 1.82) is 0 Å². The molecule has 1 aromatic carbocycles. The van der Waals surface area contributed by atoms with Crippen molar-refractivity contribution in [2.45, 2.75) is 18.4 Å². The summed E-state index contributed by atoms with van der Waals surface area (Å²) in [6.45, 7) is 4.38. The normalized spacial score (nSPS) is 17.5. The molecule has 2 heterocycles. The quantitative estimate of drug-likeness (QED) is 0.847. The first kappa shape index (κ1) is 16.1. The van der Waals surface area contributed by atoms with E-state index in [4.69, 9.17) is 4.52 Å². The minimum absolute atomic E-state index is 0.00295. The molecule has 0 spiro atoms. The van der Waals surface area contributed by atoms with Crippen LogP contribution in [-0.2, 0) is 16.6 Å². The first-order chi connectivity index (χ1) is 10.9. The summed E-state index contributed by atoms with van der Waals surface area (Å²) in [5, 5.41) is 3.84. The summed E-state index contributed by atoms with van der Waals surface area (Å²) < 4.78 is 44.9. The van der Waals surface area contributed by atoms with Gasteiger partial charge in [0.05, 0.1) is 17.1 Å². The molecule has 1 aliphatic rings. The number of halogens is 1. The molecule has 0 aliphatic carbocycles. The van der Waals surface area contributed by atoms with E-state index in [1.165, 1.54) is 22.5 Å². The molecule has 1 aliphatic heterocycles. The fraction of sp³-hybridized carbons (Fsp3) is 0.400. The highest BCUT2D eigenvalue weighted by molar-refractivity contribution is 7.89. The Kier molecular flexibility index (Phi) is 4.47. The van der Waals surface area contributed by atoms with E-state index in [2.05, 4.69) is 10.1 Å². The van der Waals surface area contributed by atoms with Gasteiger partial charge in [-0.2, -0.15) is 4.31 Å². The van der Waals surface area contributed by atoms with Crippen LogP contribution in [0, 0.1) is 12.7 Å². The van der Waals surface area contributed by atoms with Gasteiger partial charge in [-0.05, 0) is 25.1 Å². The summed E-state index contributed by atoms with van der Waals surface area (Å²) in [4.78, 5) is 2.11. The van der Waals surface area contributed by atoms with Gasteiger partial charge in [-0.1, -0.05) is 11.2 Å². The van der Waals surface area contributed by atoms with E-state index in [-0.39, 0.29) is 4.90 Å². The van der Waals surface area contributed by atoms with Crippen LogP contribution in [-0.4, -0.2) is 49.0 Å². The Hall–Kier alpha value is -1.77. The maximum Gasteiger partial charge on any atom is 0.243 e. The lowest BCUT2D eigenvalue weighted by Crippen LogP contribution is -2.48. The van der Waals surface area contributed by atoms with Gasteiger partial charge in [0.2, 0.25) is 10.0 Å². The lowest BCUT2D eigenvalue weighted by molar-refractivity contribution is 0.166. The average molecular weight is 339 g/mol. The number of benzene rings is 1. The third-order valence-electron chi connectivity index (χ3n) is 3.82. The van der Waals surface area contributed by atoms with Gasteiger partial charge in [0, 0.05) is 32.2 Å². The smallest absolute Gasteiger partial charge is 0.243 e. The van der Waals surface area contributed by atoms with Gasteiger partial charge in [0.25, 0.3) is 0 Å². The largest absolute Gasteiger partial charge is 0.360 e. The van der Waals surface area contributed by atoms with Gasteiger partial charge in [-0.3, -0.25) is 4.90 Å². The van der Waals surface area contributed by atoms with Crippen molar-refractivity contribution in [3.05, 3.63) is 47.6 Å². The molecule has 3 rings (SSSR count). The van der Waals surface area contributed by atoms with Gasteiger partial charge in [0.15, 0.2) is 5.76 Å². The van der Waals surface area contributed by atoms with E-state index in [1.807, 2.05) is 13.0 Å². The molecule has 1 saturated heterocycles. The monoisotopic (exact) mass is 339 g/mol. The topological polar surface area (TPSA) is 66.7 Å². The van der Waals surface area contributed by atoms with Crippen molar-refractivity contribution in [3.8, 4) is 0 Å². The first-order valence-electron chi connectivity index (χ1n) is 7.35. The zero-order valence-corrected chi connectivity index (χ0v) is 13.6. The third-order valence-corrected chi connectivity index (χ3v) is 5.72. The van der Waals surface area contributed by atoms with E-state index in [9.17, 15) is 12.8 Å². The van der Waals surface area contributed by atoms with Crippen LogP contribution in [0.4, 0.5) is 4.39 Å². The lowest BCUT2D eigenvalue weighted by Gasteiger charge is -2.33. The second-order valence-electron chi connectivity index (χ2n) is 5.57. The predicted molar refractivity (Wildman–Crippen MR) is 81.7 cm³/mol. The standard InChI is InChI=1S/C15H18FN3O3S/c1-12-9-14(22-17-12)11-18-5-7-19(8-6-18)23(20,21)15-4-2-3-13(16)10-15/h2-4,9-10H,5-8,11H2,1H3. The molecule has 0 N–H and O–H groups in total. The van der Waals surface area contributed by atoms with Crippen LogP contribution in [0.2, 0.25) is 0 Å². The number of hydrogen-bond acceptors (Lipinski definition) is 5. The van der Waals surface area contributed by atoms with Crippen LogP contribution in [0.1, 0.15) is 11.5 Å². The van der Waals surface area contributed by atoms with Crippen LogP contribution in [0.25, 0.3) is 0 Å². The van der Waals surface area contributed by atoms with E-state index in [0.717, 1.165) is 17.5 Å². The lowest BCUT2D eigenvalue weighted by atomic mass is 10.3. The van der Waals surface area contributed by atoms with Crippen molar-refractivity contribution in [1.82, 2.24) is 14.4 Å². The highest BCUT2D eigenvalue weighted by atomic mass is 32.2. The number of sulfonamides is 1. The molecule has 1 aromatic heterocycles. The van der Waals surface area contributed by atoms with Crippen molar-refractivity contribution in [3.63, 3.8) is 0 Å². The highest BCUT2D eigenvalue weighted by Crippen LogP contribution is 2.19. The Morgan fingerprint density at radius 3 is 2.57 bits per heavy atom. The number of rotatable bonds is 4. The van der Waals surface area contributed by atoms with E-state index >= 15 is 0 Å². The van der Waals surface area contributed by atoms with Gasteiger partial charge in [-0.25, -0.2) is 12.8 Å². The van der Waals surface area contributed by atoms with Crippen molar-refractivity contribution in [2.24, 2.45) is 0 Å². The fourth-order valence-corrected chi connectivity index (χ4v) is 4.07. The Balaban J connectivity index is 1.64. The number of aryl methyl sites for hydroxylation is 1. The predicted octanol–water partition coefficient (Wildman–Crippen LogP) is 1.63. The maximum atomic E-state index is 13.3. The Morgan fingerprint density at radius 1 is 1.22 bits per heavy atom. The number of nitrogens with zero attached hydrogens (tertiary/aromatic N) is 3. The molecule has 6 nitrogen and oxygen atoms in total. The summed E-state index contributed by atoms with van der Waals surface area (Å²) in [7, 11) is -3.65. The van der Waals surface area contributed by atoms with Crippen molar-refractivity contribution >= 4 is 10.0 Å². The molecule has 0 unspecified atom stereocenters. The van der Waals surface area contributed by atoms with Gasteiger partial charge < -0.3 is 4.52 Å². The Labute approximate surface area is 134 Å². The molecule has 0 amide bonds. The number of piperazine rings is 1. The van der Waals surface area contributed by atoms with Gasteiger partial charge >= 0.3 is 0 Å².